The molecule has 2 saturated carbocycles. The van der Waals surface area contributed by atoms with Gasteiger partial charge in [-0.2, -0.15) is 0 Å². The first-order valence-corrected chi connectivity index (χ1v) is 8.45. The summed E-state index contributed by atoms with van der Waals surface area (Å²) in [7, 11) is 0. The molecule has 0 radical (unpaired) electrons. The van der Waals surface area contributed by atoms with E-state index in [-0.39, 0.29) is 23.0 Å². The molecule has 0 aromatic carbocycles. The first-order chi connectivity index (χ1) is 9.54. The second-order valence-corrected chi connectivity index (χ2v) is 7.57. The van der Waals surface area contributed by atoms with Gasteiger partial charge in [-0.15, -0.1) is 0 Å². The summed E-state index contributed by atoms with van der Waals surface area (Å²) in [6.07, 6.45) is 10.7. The topological polar surface area (TPSA) is 37.3 Å². The Labute approximate surface area is 122 Å². The lowest BCUT2D eigenvalue weighted by molar-refractivity contribution is -0.151. The summed E-state index contributed by atoms with van der Waals surface area (Å²) in [4.78, 5) is 12.7. The number of carbonyl (C=O) groups is 1. The van der Waals surface area contributed by atoms with Crippen LogP contribution in [0.1, 0.15) is 65.2 Å². The summed E-state index contributed by atoms with van der Waals surface area (Å²) in [5.41, 5.74) is 1.48. The fourth-order valence-corrected chi connectivity index (χ4v) is 4.97. The maximum absolute atomic E-state index is 12.7. The van der Waals surface area contributed by atoms with Crippen molar-refractivity contribution >= 4 is 5.78 Å². The molecule has 1 N–H and O–H groups in total. The minimum Gasteiger partial charge on any atom is -0.385 e. The second-order valence-electron chi connectivity index (χ2n) is 7.57. The van der Waals surface area contributed by atoms with Crippen molar-refractivity contribution in [2.45, 2.75) is 71.3 Å². The largest absolute Gasteiger partial charge is 0.385 e. The van der Waals surface area contributed by atoms with Crippen LogP contribution in [0.3, 0.4) is 0 Å². The van der Waals surface area contributed by atoms with E-state index in [0.717, 1.165) is 32.1 Å². The van der Waals surface area contributed by atoms with Crippen molar-refractivity contribution in [2.24, 2.45) is 23.2 Å². The molecule has 3 rings (SSSR count). The highest BCUT2D eigenvalue weighted by Gasteiger charge is 2.53. The molecule has 2 fully saturated rings. The van der Waals surface area contributed by atoms with Gasteiger partial charge in [0.05, 0.1) is 0 Å². The Balaban J connectivity index is 1.90. The van der Waals surface area contributed by atoms with Gasteiger partial charge in [-0.3, -0.25) is 4.79 Å². The average molecular weight is 276 g/mol. The highest BCUT2D eigenvalue weighted by Crippen LogP contribution is 2.55. The second kappa shape index (κ2) is 5.29. The van der Waals surface area contributed by atoms with Crippen molar-refractivity contribution in [1.82, 2.24) is 0 Å². The van der Waals surface area contributed by atoms with Crippen LogP contribution in [-0.2, 0) is 4.79 Å². The van der Waals surface area contributed by atoms with Crippen molar-refractivity contribution in [3.8, 4) is 0 Å². The summed E-state index contributed by atoms with van der Waals surface area (Å²) in [5.74, 6) is 0.942. The SMILES string of the molecule is CC1CCCC2C(=O)C(O)C(C3=CCCCC3)CC12C. The normalized spacial score (nSPS) is 45.8. The zero-order valence-electron chi connectivity index (χ0n) is 12.9. The number of allylic oxidation sites excluding steroid dienone is 1. The van der Waals surface area contributed by atoms with Gasteiger partial charge in [0.15, 0.2) is 5.78 Å². The molecule has 3 aliphatic rings. The molecule has 2 heteroatoms. The van der Waals surface area contributed by atoms with E-state index in [1.807, 2.05) is 0 Å². The van der Waals surface area contributed by atoms with Crippen LogP contribution in [0.25, 0.3) is 0 Å². The molecule has 0 aliphatic heterocycles. The number of ketones is 1. The zero-order chi connectivity index (χ0) is 14.3. The van der Waals surface area contributed by atoms with E-state index in [2.05, 4.69) is 19.9 Å². The minimum atomic E-state index is -0.734. The lowest BCUT2D eigenvalue weighted by atomic mass is 9.52. The van der Waals surface area contributed by atoms with E-state index in [1.165, 1.54) is 24.8 Å². The lowest BCUT2D eigenvalue weighted by Gasteiger charge is -2.52. The van der Waals surface area contributed by atoms with Crippen molar-refractivity contribution < 1.29 is 9.90 Å². The Morgan fingerprint density at radius 3 is 2.75 bits per heavy atom. The van der Waals surface area contributed by atoms with Crippen molar-refractivity contribution in [3.63, 3.8) is 0 Å². The van der Waals surface area contributed by atoms with E-state index in [4.69, 9.17) is 0 Å². The van der Waals surface area contributed by atoms with E-state index in [0.29, 0.717) is 5.92 Å². The quantitative estimate of drug-likeness (QED) is 0.738. The fourth-order valence-electron chi connectivity index (χ4n) is 4.97. The molecule has 3 aliphatic carbocycles. The van der Waals surface area contributed by atoms with Crippen LogP contribution in [-0.4, -0.2) is 17.0 Å². The maximum atomic E-state index is 12.7. The molecule has 0 bridgehead atoms. The number of aliphatic hydroxyl groups excluding tert-OH is 1. The molecule has 0 amide bonds. The highest BCUT2D eigenvalue weighted by atomic mass is 16.3. The summed E-state index contributed by atoms with van der Waals surface area (Å²) < 4.78 is 0. The van der Waals surface area contributed by atoms with Crippen molar-refractivity contribution in [3.05, 3.63) is 11.6 Å². The molecule has 5 unspecified atom stereocenters. The van der Waals surface area contributed by atoms with Gasteiger partial charge >= 0.3 is 0 Å². The van der Waals surface area contributed by atoms with Crippen LogP contribution in [0.4, 0.5) is 0 Å². The Morgan fingerprint density at radius 2 is 2.05 bits per heavy atom. The fraction of sp³-hybridized carbons (Fsp3) is 0.833. The smallest absolute Gasteiger partial charge is 0.165 e. The van der Waals surface area contributed by atoms with Gasteiger partial charge in [0.1, 0.15) is 6.10 Å². The standard InChI is InChI=1S/C18H28O2/c1-12-7-6-10-15-17(20)16(19)14(11-18(12,15)2)13-8-4-3-5-9-13/h8,12,14-16,19H,3-7,9-11H2,1-2H3. The van der Waals surface area contributed by atoms with Crippen LogP contribution in [0.2, 0.25) is 0 Å². The van der Waals surface area contributed by atoms with Gasteiger partial charge in [-0.05, 0) is 49.9 Å². The van der Waals surface area contributed by atoms with Gasteiger partial charge in [0, 0.05) is 11.8 Å². The molecular weight excluding hydrogens is 248 g/mol. The zero-order valence-corrected chi connectivity index (χ0v) is 12.9. The molecule has 20 heavy (non-hydrogen) atoms. The molecule has 0 aromatic rings. The Kier molecular flexibility index (Phi) is 3.79. The van der Waals surface area contributed by atoms with E-state index < -0.39 is 6.10 Å². The Bertz CT molecular complexity index is 425. The molecule has 0 saturated heterocycles. The number of carbonyl (C=O) groups excluding carboxylic acids is 1. The predicted octanol–water partition coefficient (Wildman–Crippen LogP) is 3.88. The average Bonchev–Trinajstić information content (AvgIpc) is 2.46. The van der Waals surface area contributed by atoms with E-state index in [9.17, 15) is 9.90 Å². The van der Waals surface area contributed by atoms with Gasteiger partial charge < -0.3 is 5.11 Å². The van der Waals surface area contributed by atoms with Gasteiger partial charge in [0.25, 0.3) is 0 Å². The molecular formula is C18H28O2. The van der Waals surface area contributed by atoms with Crippen LogP contribution in [0.5, 0.6) is 0 Å². The summed E-state index contributed by atoms with van der Waals surface area (Å²) in [6.45, 7) is 4.62. The molecule has 112 valence electrons. The van der Waals surface area contributed by atoms with Gasteiger partial charge in [-0.1, -0.05) is 38.3 Å². The minimum absolute atomic E-state index is 0.0988. The number of aliphatic hydroxyl groups is 1. The molecule has 2 nitrogen and oxygen atoms in total. The predicted molar refractivity (Wildman–Crippen MR) is 80.3 cm³/mol. The third-order valence-corrected chi connectivity index (χ3v) is 6.53. The van der Waals surface area contributed by atoms with Gasteiger partial charge in [0.2, 0.25) is 0 Å². The van der Waals surface area contributed by atoms with Gasteiger partial charge in [-0.25, -0.2) is 0 Å². The van der Waals surface area contributed by atoms with E-state index in [1.54, 1.807) is 0 Å². The maximum Gasteiger partial charge on any atom is 0.165 e. The third kappa shape index (κ3) is 2.16. The lowest BCUT2D eigenvalue weighted by Crippen LogP contribution is -2.54. The third-order valence-electron chi connectivity index (χ3n) is 6.53. The number of hydrogen-bond acceptors (Lipinski definition) is 2. The number of fused-ring (bicyclic) bond motifs is 1. The molecule has 0 heterocycles. The van der Waals surface area contributed by atoms with Crippen LogP contribution >= 0.6 is 0 Å². The summed E-state index contributed by atoms with van der Waals surface area (Å²) in [5, 5.41) is 10.5. The van der Waals surface area contributed by atoms with Crippen molar-refractivity contribution in [1.29, 1.82) is 0 Å². The van der Waals surface area contributed by atoms with Crippen LogP contribution in [0, 0.1) is 23.2 Å². The Hall–Kier alpha value is -0.630. The Morgan fingerprint density at radius 1 is 1.25 bits per heavy atom. The number of hydrogen-bond donors (Lipinski definition) is 1. The molecule has 0 aromatic heterocycles. The highest BCUT2D eigenvalue weighted by molar-refractivity contribution is 5.87. The van der Waals surface area contributed by atoms with Crippen molar-refractivity contribution in [2.75, 3.05) is 0 Å². The molecule has 5 atom stereocenters. The van der Waals surface area contributed by atoms with E-state index >= 15 is 0 Å². The van der Waals surface area contributed by atoms with Crippen LogP contribution in [0.15, 0.2) is 11.6 Å². The van der Waals surface area contributed by atoms with Crippen LogP contribution < -0.4 is 0 Å². The first-order valence-electron chi connectivity index (χ1n) is 8.45. The first kappa shape index (κ1) is 14.3. The number of rotatable bonds is 1. The molecule has 0 spiro atoms. The summed E-state index contributed by atoms with van der Waals surface area (Å²) >= 11 is 0. The summed E-state index contributed by atoms with van der Waals surface area (Å²) in [6, 6.07) is 0. The number of Topliss-reactive ketones (excluding diaryl/α,β-unsaturated/α-hetero) is 1. The monoisotopic (exact) mass is 276 g/mol.